The lowest BCUT2D eigenvalue weighted by molar-refractivity contribution is 0.369. The van der Waals surface area contributed by atoms with Gasteiger partial charge in [-0.2, -0.15) is 0 Å². The first-order valence-corrected chi connectivity index (χ1v) is 8.63. The number of halogens is 1. The van der Waals surface area contributed by atoms with Crippen LogP contribution in [0.1, 0.15) is 17.1 Å². The molecule has 1 aromatic heterocycles. The van der Waals surface area contributed by atoms with Crippen LogP contribution in [0.25, 0.3) is 0 Å². The molecule has 0 saturated carbocycles. The average Bonchev–Trinajstić information content (AvgIpc) is 2.94. The molecule has 2 heterocycles. The van der Waals surface area contributed by atoms with E-state index in [-0.39, 0.29) is 24.0 Å². The number of nitrogens with one attached hydrogen (secondary N) is 1. The Bertz CT molecular complexity index is 752. The van der Waals surface area contributed by atoms with Crippen LogP contribution in [0.3, 0.4) is 0 Å². The largest absolute Gasteiger partial charge is 0.506 e. The zero-order valence-corrected chi connectivity index (χ0v) is 17.9. The first kappa shape index (κ1) is 20.4. The van der Waals surface area contributed by atoms with E-state index < -0.39 is 0 Å². The Kier molecular flexibility index (Phi) is 7.19. The van der Waals surface area contributed by atoms with Crippen molar-refractivity contribution >= 4 is 35.6 Å². The zero-order valence-electron chi connectivity index (χ0n) is 15.5. The van der Waals surface area contributed by atoms with Gasteiger partial charge in [0, 0.05) is 45.3 Å². The number of para-hydroxylation sites is 2. The average molecular weight is 470 g/mol. The highest BCUT2D eigenvalue weighted by Crippen LogP contribution is 2.27. The van der Waals surface area contributed by atoms with Crippen molar-refractivity contribution in [3.8, 4) is 5.75 Å². The molecule has 0 radical (unpaired) electrons. The summed E-state index contributed by atoms with van der Waals surface area (Å²) in [5.74, 6) is 3.12. The van der Waals surface area contributed by atoms with Gasteiger partial charge in [0.1, 0.15) is 17.3 Å². The number of phenolic OH excluding ortho intramolecular Hbond substituents is 1. The van der Waals surface area contributed by atoms with E-state index in [0.717, 1.165) is 54.9 Å². The molecule has 26 heavy (non-hydrogen) atoms. The maximum Gasteiger partial charge on any atom is 0.194 e. The van der Waals surface area contributed by atoms with Gasteiger partial charge in [0.2, 0.25) is 0 Å². The number of guanidine groups is 1. The molecule has 1 aliphatic heterocycles. The van der Waals surface area contributed by atoms with E-state index in [4.69, 9.17) is 4.42 Å². The molecule has 1 aromatic carbocycles. The van der Waals surface area contributed by atoms with Gasteiger partial charge in [-0.3, -0.25) is 4.99 Å². The van der Waals surface area contributed by atoms with Crippen LogP contribution in [0.2, 0.25) is 0 Å². The molecule has 6 nitrogen and oxygen atoms in total. The highest BCUT2D eigenvalue weighted by molar-refractivity contribution is 14.0. The second-order valence-corrected chi connectivity index (χ2v) is 6.30. The molecular weight excluding hydrogens is 443 g/mol. The summed E-state index contributed by atoms with van der Waals surface area (Å²) in [5.41, 5.74) is 2.06. The van der Waals surface area contributed by atoms with Crippen LogP contribution in [0, 0.1) is 13.8 Å². The highest BCUT2D eigenvalue weighted by atomic mass is 127. The van der Waals surface area contributed by atoms with Crippen molar-refractivity contribution in [3.05, 3.63) is 47.4 Å². The second-order valence-electron chi connectivity index (χ2n) is 6.30. The van der Waals surface area contributed by atoms with Crippen LogP contribution in [0.4, 0.5) is 5.69 Å². The van der Waals surface area contributed by atoms with Gasteiger partial charge in [0.05, 0.1) is 5.69 Å². The maximum absolute atomic E-state index is 10.0. The Morgan fingerprint density at radius 3 is 2.46 bits per heavy atom. The molecule has 0 atom stereocenters. The van der Waals surface area contributed by atoms with Crippen LogP contribution in [0.5, 0.6) is 5.75 Å². The van der Waals surface area contributed by atoms with Crippen molar-refractivity contribution in [1.82, 2.24) is 10.2 Å². The molecule has 7 heteroatoms. The Hall–Kier alpha value is -1.90. The van der Waals surface area contributed by atoms with Crippen molar-refractivity contribution in [2.45, 2.75) is 20.4 Å². The van der Waals surface area contributed by atoms with Gasteiger partial charge in [0.25, 0.3) is 0 Å². The van der Waals surface area contributed by atoms with Crippen LogP contribution in [-0.4, -0.2) is 49.2 Å². The minimum absolute atomic E-state index is 0. The summed E-state index contributed by atoms with van der Waals surface area (Å²) in [6, 6.07) is 9.56. The molecule has 2 aromatic rings. The van der Waals surface area contributed by atoms with E-state index in [2.05, 4.69) is 26.2 Å². The Labute approximate surface area is 171 Å². The zero-order chi connectivity index (χ0) is 17.8. The number of nitrogens with zero attached hydrogens (tertiary/aromatic N) is 3. The van der Waals surface area contributed by atoms with Crippen LogP contribution >= 0.6 is 24.0 Å². The van der Waals surface area contributed by atoms with Gasteiger partial charge >= 0.3 is 0 Å². The predicted molar refractivity (Wildman–Crippen MR) is 116 cm³/mol. The minimum atomic E-state index is 0. The van der Waals surface area contributed by atoms with Crippen molar-refractivity contribution < 1.29 is 9.52 Å². The van der Waals surface area contributed by atoms with Crippen LogP contribution in [0.15, 0.2) is 39.7 Å². The van der Waals surface area contributed by atoms with Crippen LogP contribution in [-0.2, 0) is 6.54 Å². The van der Waals surface area contributed by atoms with E-state index in [1.807, 2.05) is 39.1 Å². The van der Waals surface area contributed by atoms with E-state index in [1.54, 1.807) is 6.07 Å². The summed E-state index contributed by atoms with van der Waals surface area (Å²) in [5, 5.41) is 13.4. The summed E-state index contributed by atoms with van der Waals surface area (Å²) in [7, 11) is 1.81. The number of hydrogen-bond donors (Lipinski definition) is 2. The topological polar surface area (TPSA) is 64.2 Å². The number of phenols is 1. The SMILES string of the molecule is CN=C(NCc1cc(C)oc1C)N1CCN(c2ccccc2O)CC1.I. The Balaban J connectivity index is 0.00000243. The molecule has 0 unspecified atom stereocenters. The molecule has 1 aliphatic rings. The third-order valence-electron chi connectivity index (χ3n) is 4.59. The maximum atomic E-state index is 10.0. The third-order valence-corrected chi connectivity index (χ3v) is 4.59. The number of benzene rings is 1. The van der Waals surface area contributed by atoms with Gasteiger partial charge in [-0.1, -0.05) is 12.1 Å². The number of aryl methyl sites for hydroxylation is 2. The number of aromatic hydroxyl groups is 1. The summed E-state index contributed by atoms with van der Waals surface area (Å²) in [4.78, 5) is 8.87. The fraction of sp³-hybridized carbons (Fsp3) is 0.421. The number of furan rings is 1. The summed E-state index contributed by atoms with van der Waals surface area (Å²) >= 11 is 0. The van der Waals surface area contributed by atoms with E-state index in [1.165, 1.54) is 0 Å². The van der Waals surface area contributed by atoms with Gasteiger partial charge in [-0.15, -0.1) is 24.0 Å². The molecule has 3 rings (SSSR count). The van der Waals surface area contributed by atoms with Gasteiger partial charge in [-0.05, 0) is 32.0 Å². The second kappa shape index (κ2) is 9.16. The van der Waals surface area contributed by atoms with Gasteiger partial charge in [0.15, 0.2) is 5.96 Å². The van der Waals surface area contributed by atoms with Crippen molar-refractivity contribution in [2.75, 3.05) is 38.1 Å². The monoisotopic (exact) mass is 470 g/mol. The lowest BCUT2D eigenvalue weighted by atomic mass is 10.2. The summed E-state index contributed by atoms with van der Waals surface area (Å²) in [6.45, 7) is 8.07. The van der Waals surface area contributed by atoms with Gasteiger partial charge < -0.3 is 24.6 Å². The number of aliphatic imine (C=N–C) groups is 1. The van der Waals surface area contributed by atoms with Crippen molar-refractivity contribution in [2.24, 2.45) is 4.99 Å². The third kappa shape index (κ3) is 4.63. The molecule has 1 fully saturated rings. The summed E-state index contributed by atoms with van der Waals surface area (Å²) < 4.78 is 5.58. The molecule has 0 spiro atoms. The van der Waals surface area contributed by atoms with Crippen molar-refractivity contribution in [1.29, 1.82) is 0 Å². The normalized spacial score (nSPS) is 15.0. The lowest BCUT2D eigenvalue weighted by Gasteiger charge is -2.37. The van der Waals surface area contributed by atoms with E-state index >= 15 is 0 Å². The smallest absolute Gasteiger partial charge is 0.194 e. The fourth-order valence-electron chi connectivity index (χ4n) is 3.26. The van der Waals surface area contributed by atoms with E-state index in [0.29, 0.717) is 12.3 Å². The van der Waals surface area contributed by atoms with Crippen LogP contribution < -0.4 is 10.2 Å². The first-order valence-electron chi connectivity index (χ1n) is 8.63. The number of piperazine rings is 1. The minimum Gasteiger partial charge on any atom is -0.506 e. The Morgan fingerprint density at radius 1 is 1.19 bits per heavy atom. The Morgan fingerprint density at radius 2 is 1.88 bits per heavy atom. The summed E-state index contributed by atoms with van der Waals surface area (Å²) in [6.07, 6.45) is 0. The molecule has 142 valence electrons. The van der Waals surface area contributed by atoms with Gasteiger partial charge in [-0.25, -0.2) is 0 Å². The van der Waals surface area contributed by atoms with Crippen molar-refractivity contribution in [3.63, 3.8) is 0 Å². The molecule has 0 aliphatic carbocycles. The quantitative estimate of drug-likeness (QED) is 0.410. The lowest BCUT2D eigenvalue weighted by Crippen LogP contribution is -2.52. The molecule has 1 saturated heterocycles. The predicted octanol–water partition coefficient (Wildman–Crippen LogP) is 3.12. The number of anilines is 1. The fourth-order valence-corrected chi connectivity index (χ4v) is 3.26. The number of rotatable bonds is 3. The highest BCUT2D eigenvalue weighted by Gasteiger charge is 2.21. The van der Waals surface area contributed by atoms with E-state index in [9.17, 15) is 5.11 Å². The number of hydrogen-bond acceptors (Lipinski definition) is 4. The first-order chi connectivity index (χ1) is 12.1. The standard InChI is InChI=1S/C19H26N4O2.HI/c1-14-12-16(15(2)25-14)13-21-19(20-3)23-10-8-22(9-11-23)17-6-4-5-7-18(17)24;/h4-7,12,24H,8-11,13H2,1-3H3,(H,20,21);1H. The molecular formula is C19H27IN4O2. The molecule has 0 amide bonds. The molecule has 2 N–H and O–H groups in total. The molecule has 0 bridgehead atoms.